The van der Waals surface area contributed by atoms with Gasteiger partial charge >= 0.3 is 0 Å². The molecule has 2 saturated carbocycles. The largest absolute Gasteiger partial charge is 0.381 e. The lowest BCUT2D eigenvalue weighted by Crippen LogP contribution is -2.59. The Morgan fingerprint density at radius 3 is 2.48 bits per heavy atom. The zero-order valence-electron chi connectivity index (χ0n) is 12.7. The summed E-state index contributed by atoms with van der Waals surface area (Å²) in [5.74, 6) is 0.595. The first-order valence-corrected chi connectivity index (χ1v) is 8.38. The van der Waals surface area contributed by atoms with Crippen LogP contribution in [-0.4, -0.2) is 37.1 Å². The lowest BCUT2D eigenvalue weighted by atomic mass is 9.93. The zero-order chi connectivity index (χ0) is 14.7. The molecule has 0 aromatic carbocycles. The Balaban J connectivity index is 1.59. The summed E-state index contributed by atoms with van der Waals surface area (Å²) >= 11 is 0. The van der Waals surface area contributed by atoms with Crippen molar-refractivity contribution in [3.8, 4) is 0 Å². The molecule has 0 aromatic heterocycles. The van der Waals surface area contributed by atoms with Gasteiger partial charge in [0.25, 0.3) is 0 Å². The van der Waals surface area contributed by atoms with E-state index in [9.17, 15) is 9.59 Å². The van der Waals surface area contributed by atoms with Crippen molar-refractivity contribution >= 4 is 11.8 Å². The molecule has 21 heavy (non-hydrogen) atoms. The Bertz CT molecular complexity index is 394. The zero-order valence-corrected chi connectivity index (χ0v) is 12.7. The molecule has 3 aliphatic rings. The minimum atomic E-state index is -0.663. The second kappa shape index (κ2) is 6.34. The monoisotopic (exact) mass is 294 g/mol. The maximum atomic E-state index is 12.6. The van der Waals surface area contributed by atoms with Crippen LogP contribution in [0.25, 0.3) is 0 Å². The van der Waals surface area contributed by atoms with Gasteiger partial charge in [-0.1, -0.05) is 12.8 Å². The molecule has 3 fully saturated rings. The van der Waals surface area contributed by atoms with Gasteiger partial charge in [0.05, 0.1) is 12.5 Å². The number of ether oxygens (including phenoxy) is 1. The molecule has 0 unspecified atom stereocenters. The maximum Gasteiger partial charge on any atom is 0.245 e. The van der Waals surface area contributed by atoms with Gasteiger partial charge in [0, 0.05) is 13.2 Å². The van der Waals surface area contributed by atoms with Crippen molar-refractivity contribution in [2.75, 3.05) is 19.8 Å². The average molecular weight is 294 g/mol. The van der Waals surface area contributed by atoms with E-state index in [1.54, 1.807) is 0 Å². The van der Waals surface area contributed by atoms with Crippen LogP contribution in [-0.2, 0) is 14.3 Å². The highest BCUT2D eigenvalue weighted by molar-refractivity contribution is 5.92. The second-order valence-corrected chi connectivity index (χ2v) is 6.85. The lowest BCUT2D eigenvalue weighted by Gasteiger charge is -2.32. The van der Waals surface area contributed by atoms with Crippen LogP contribution < -0.4 is 10.6 Å². The van der Waals surface area contributed by atoms with Crippen molar-refractivity contribution in [2.45, 2.75) is 56.9 Å². The van der Waals surface area contributed by atoms with Gasteiger partial charge in [-0.15, -0.1) is 0 Å². The van der Waals surface area contributed by atoms with Gasteiger partial charge in [-0.3, -0.25) is 9.59 Å². The summed E-state index contributed by atoms with van der Waals surface area (Å²) in [5, 5.41) is 6.13. The number of hydrogen-bond donors (Lipinski definition) is 2. The molecular weight excluding hydrogens is 268 g/mol. The summed E-state index contributed by atoms with van der Waals surface area (Å²) in [6, 6.07) is 0. The van der Waals surface area contributed by atoms with Crippen LogP contribution in [0, 0.1) is 11.8 Å². The van der Waals surface area contributed by atoms with Crippen molar-refractivity contribution < 1.29 is 14.3 Å². The van der Waals surface area contributed by atoms with Gasteiger partial charge in [0.15, 0.2) is 0 Å². The first-order chi connectivity index (χ1) is 10.2. The molecule has 118 valence electrons. The number of rotatable bonds is 5. The van der Waals surface area contributed by atoms with Gasteiger partial charge in [-0.05, 0) is 44.4 Å². The first-order valence-electron chi connectivity index (χ1n) is 8.38. The fourth-order valence-electron chi connectivity index (χ4n) is 3.40. The Kier molecular flexibility index (Phi) is 4.48. The summed E-state index contributed by atoms with van der Waals surface area (Å²) in [7, 11) is 0. The number of nitrogens with one attached hydrogen (secondary N) is 2. The molecule has 3 rings (SSSR count). The smallest absolute Gasteiger partial charge is 0.245 e. The topological polar surface area (TPSA) is 67.4 Å². The van der Waals surface area contributed by atoms with E-state index >= 15 is 0 Å². The van der Waals surface area contributed by atoms with Gasteiger partial charge in [0.2, 0.25) is 11.8 Å². The molecule has 0 spiro atoms. The molecule has 1 heterocycles. The van der Waals surface area contributed by atoms with E-state index in [4.69, 9.17) is 4.74 Å². The van der Waals surface area contributed by atoms with Crippen LogP contribution in [0.15, 0.2) is 0 Å². The molecule has 1 saturated heterocycles. The summed E-state index contributed by atoms with van der Waals surface area (Å²) in [4.78, 5) is 25.0. The maximum absolute atomic E-state index is 12.6. The van der Waals surface area contributed by atoms with Crippen molar-refractivity contribution in [2.24, 2.45) is 11.8 Å². The molecular formula is C16H26N2O3. The van der Waals surface area contributed by atoms with Crippen LogP contribution in [0.5, 0.6) is 0 Å². The van der Waals surface area contributed by atoms with E-state index in [2.05, 4.69) is 10.6 Å². The van der Waals surface area contributed by atoms with Crippen LogP contribution >= 0.6 is 0 Å². The van der Waals surface area contributed by atoms with Crippen LogP contribution in [0.3, 0.4) is 0 Å². The third-order valence-electron chi connectivity index (χ3n) is 5.03. The van der Waals surface area contributed by atoms with Crippen LogP contribution in [0.4, 0.5) is 0 Å². The van der Waals surface area contributed by atoms with Gasteiger partial charge in [0.1, 0.15) is 5.54 Å². The summed E-state index contributed by atoms with van der Waals surface area (Å²) in [6.45, 7) is 2.01. The number of carbonyl (C=O) groups is 2. The van der Waals surface area contributed by atoms with E-state index in [1.165, 1.54) is 12.8 Å². The molecule has 1 atom stereocenters. The normalized spacial score (nSPS) is 28.1. The first kappa shape index (κ1) is 14.8. The molecule has 0 aromatic rings. The van der Waals surface area contributed by atoms with E-state index < -0.39 is 5.54 Å². The van der Waals surface area contributed by atoms with Gasteiger partial charge in [-0.25, -0.2) is 0 Å². The van der Waals surface area contributed by atoms with Gasteiger partial charge < -0.3 is 15.4 Å². The number of carbonyl (C=O) groups excluding carboxylic acids is 2. The van der Waals surface area contributed by atoms with Crippen molar-refractivity contribution in [1.29, 1.82) is 0 Å². The van der Waals surface area contributed by atoms with E-state index in [-0.39, 0.29) is 17.7 Å². The molecule has 0 radical (unpaired) electrons. The lowest BCUT2D eigenvalue weighted by molar-refractivity contribution is -0.137. The number of hydrogen-bond acceptors (Lipinski definition) is 3. The highest BCUT2D eigenvalue weighted by Gasteiger charge is 2.43. The molecule has 2 aliphatic carbocycles. The molecule has 2 amide bonds. The Morgan fingerprint density at radius 2 is 1.86 bits per heavy atom. The molecule has 2 N–H and O–H groups in total. The third kappa shape index (κ3) is 3.57. The van der Waals surface area contributed by atoms with Crippen molar-refractivity contribution in [1.82, 2.24) is 10.6 Å². The van der Waals surface area contributed by atoms with Gasteiger partial charge in [-0.2, -0.15) is 0 Å². The fraction of sp³-hybridized carbons (Fsp3) is 0.875. The Hall–Kier alpha value is -1.10. The van der Waals surface area contributed by atoms with E-state index in [1.807, 2.05) is 0 Å². The minimum absolute atomic E-state index is 0.00169. The quantitative estimate of drug-likeness (QED) is 0.804. The Labute approximate surface area is 126 Å². The molecule has 1 aliphatic heterocycles. The second-order valence-electron chi connectivity index (χ2n) is 6.85. The molecule has 0 bridgehead atoms. The predicted octanol–water partition coefficient (Wildman–Crippen LogP) is 1.37. The van der Waals surface area contributed by atoms with Crippen molar-refractivity contribution in [3.05, 3.63) is 0 Å². The van der Waals surface area contributed by atoms with Crippen LogP contribution in [0.2, 0.25) is 0 Å². The average Bonchev–Trinajstić information content (AvgIpc) is 3.23. The highest BCUT2D eigenvalue weighted by Crippen LogP contribution is 2.32. The summed E-state index contributed by atoms with van der Waals surface area (Å²) in [5.41, 5.74) is -0.663. The SMILES string of the molecule is O=C(NC1(C(=O)NCC2CC2)CCCC1)[C@@H]1CCCOC1. The minimum Gasteiger partial charge on any atom is -0.381 e. The Morgan fingerprint density at radius 1 is 1.10 bits per heavy atom. The third-order valence-corrected chi connectivity index (χ3v) is 5.03. The number of amides is 2. The van der Waals surface area contributed by atoms with E-state index in [0.717, 1.165) is 51.7 Å². The predicted molar refractivity (Wildman–Crippen MR) is 78.6 cm³/mol. The molecule has 5 heteroatoms. The standard InChI is InChI=1S/C16H26N2O3/c19-14(13-4-3-9-21-11-13)18-16(7-1-2-8-16)15(20)17-10-12-5-6-12/h12-13H,1-11H2,(H,17,20)(H,18,19)/t13-/m1/s1. The fourth-order valence-corrected chi connectivity index (χ4v) is 3.40. The summed E-state index contributed by atoms with van der Waals surface area (Å²) in [6.07, 6.45) is 7.80. The van der Waals surface area contributed by atoms with Crippen molar-refractivity contribution in [3.63, 3.8) is 0 Å². The van der Waals surface area contributed by atoms with Crippen LogP contribution in [0.1, 0.15) is 51.4 Å². The molecule has 5 nitrogen and oxygen atoms in total. The van der Waals surface area contributed by atoms with E-state index in [0.29, 0.717) is 12.5 Å². The highest BCUT2D eigenvalue weighted by atomic mass is 16.5. The summed E-state index contributed by atoms with van der Waals surface area (Å²) < 4.78 is 5.39.